The van der Waals surface area contributed by atoms with Crippen LogP contribution in [0.5, 0.6) is 0 Å². The Kier molecular flexibility index (Phi) is 6.19. The van der Waals surface area contributed by atoms with Crippen molar-refractivity contribution in [2.75, 3.05) is 6.54 Å². The van der Waals surface area contributed by atoms with Crippen LogP contribution in [0.25, 0.3) is 0 Å². The minimum atomic E-state index is -0.534. The van der Waals surface area contributed by atoms with Crippen LogP contribution in [-0.2, 0) is 4.79 Å². The summed E-state index contributed by atoms with van der Waals surface area (Å²) in [5.74, 6) is -0.362. The van der Waals surface area contributed by atoms with Gasteiger partial charge in [0.25, 0.3) is 5.91 Å². The van der Waals surface area contributed by atoms with Crippen LogP contribution < -0.4 is 10.6 Å². The fraction of sp³-hybridized carbons (Fsp3) is 0.444. The predicted molar refractivity (Wildman–Crippen MR) is 87.5 cm³/mol. The predicted octanol–water partition coefficient (Wildman–Crippen LogP) is 2.81. The monoisotopic (exact) mass is 300 g/mol. The van der Waals surface area contributed by atoms with Gasteiger partial charge in [-0.25, -0.2) is 0 Å². The third-order valence-electron chi connectivity index (χ3n) is 3.91. The summed E-state index contributed by atoms with van der Waals surface area (Å²) in [6.07, 6.45) is 8.03. The molecule has 0 aliphatic heterocycles. The van der Waals surface area contributed by atoms with Gasteiger partial charge >= 0.3 is 0 Å². The van der Waals surface area contributed by atoms with Crippen LogP contribution >= 0.6 is 0 Å². The van der Waals surface area contributed by atoms with Crippen molar-refractivity contribution in [1.29, 1.82) is 0 Å². The van der Waals surface area contributed by atoms with Gasteiger partial charge < -0.3 is 10.6 Å². The Hall–Kier alpha value is -2.10. The molecule has 1 unspecified atom stereocenters. The Bertz CT molecular complexity index is 537. The van der Waals surface area contributed by atoms with Crippen molar-refractivity contribution >= 4 is 11.8 Å². The summed E-state index contributed by atoms with van der Waals surface area (Å²) in [7, 11) is 0. The van der Waals surface area contributed by atoms with E-state index in [1.807, 2.05) is 6.07 Å². The zero-order valence-electron chi connectivity index (χ0n) is 13.1. The molecule has 1 aliphatic carbocycles. The Morgan fingerprint density at radius 1 is 1.18 bits per heavy atom. The molecule has 4 heteroatoms. The van der Waals surface area contributed by atoms with E-state index in [1.165, 1.54) is 18.4 Å². The number of hydrogen-bond acceptors (Lipinski definition) is 2. The lowest BCUT2D eigenvalue weighted by atomic mass is 9.97. The highest BCUT2D eigenvalue weighted by Crippen LogP contribution is 2.19. The van der Waals surface area contributed by atoms with Crippen molar-refractivity contribution in [3.8, 4) is 0 Å². The lowest BCUT2D eigenvalue weighted by Gasteiger charge is -2.16. The largest absolute Gasteiger partial charge is 0.354 e. The third kappa shape index (κ3) is 5.02. The molecule has 1 aromatic rings. The molecule has 22 heavy (non-hydrogen) atoms. The summed E-state index contributed by atoms with van der Waals surface area (Å²) >= 11 is 0. The Balaban J connectivity index is 1.72. The van der Waals surface area contributed by atoms with E-state index in [4.69, 9.17) is 0 Å². The number of hydrogen-bond donors (Lipinski definition) is 2. The molecule has 0 saturated heterocycles. The van der Waals surface area contributed by atoms with Crippen molar-refractivity contribution in [1.82, 2.24) is 10.6 Å². The number of carbonyl (C=O) groups excluding carboxylic acids is 2. The second-order valence-corrected chi connectivity index (χ2v) is 5.71. The minimum absolute atomic E-state index is 0.138. The first kappa shape index (κ1) is 16.3. The molecule has 0 aromatic heterocycles. The number of rotatable bonds is 6. The van der Waals surface area contributed by atoms with E-state index in [0.717, 1.165) is 19.3 Å². The smallest absolute Gasteiger partial charge is 0.251 e. The standard InChI is InChI=1S/C18H24N2O2/c1-14(20-18(22)16-10-6-3-7-11-16)17(21)19-13-12-15-8-4-2-5-9-15/h3,6-8,10-11,14H,2,4-5,9,12-13H2,1H3,(H,19,21)(H,20,22). The fourth-order valence-electron chi connectivity index (χ4n) is 2.57. The zero-order valence-corrected chi connectivity index (χ0v) is 13.1. The Labute approximate surface area is 132 Å². The quantitative estimate of drug-likeness (QED) is 0.794. The van der Waals surface area contributed by atoms with E-state index >= 15 is 0 Å². The molecule has 2 amide bonds. The van der Waals surface area contributed by atoms with E-state index < -0.39 is 6.04 Å². The van der Waals surface area contributed by atoms with Crippen LogP contribution in [0.2, 0.25) is 0 Å². The lowest BCUT2D eigenvalue weighted by molar-refractivity contribution is -0.122. The molecule has 0 spiro atoms. The molecular weight excluding hydrogens is 276 g/mol. The van der Waals surface area contributed by atoms with Gasteiger partial charge in [0.05, 0.1) is 0 Å². The van der Waals surface area contributed by atoms with Gasteiger partial charge in [0, 0.05) is 12.1 Å². The summed E-state index contributed by atoms with van der Waals surface area (Å²) in [5.41, 5.74) is 2.00. The minimum Gasteiger partial charge on any atom is -0.354 e. The van der Waals surface area contributed by atoms with E-state index in [0.29, 0.717) is 12.1 Å². The highest BCUT2D eigenvalue weighted by molar-refractivity contribution is 5.97. The van der Waals surface area contributed by atoms with Crippen LogP contribution in [0.1, 0.15) is 49.4 Å². The summed E-state index contributed by atoms with van der Waals surface area (Å²) in [5, 5.41) is 5.61. The maximum absolute atomic E-state index is 12.0. The summed E-state index contributed by atoms with van der Waals surface area (Å²) in [4.78, 5) is 24.0. The Morgan fingerprint density at radius 2 is 1.95 bits per heavy atom. The average molecular weight is 300 g/mol. The van der Waals surface area contributed by atoms with Crippen molar-refractivity contribution < 1.29 is 9.59 Å². The van der Waals surface area contributed by atoms with E-state index in [1.54, 1.807) is 31.2 Å². The van der Waals surface area contributed by atoms with Gasteiger partial charge in [-0.15, -0.1) is 0 Å². The second-order valence-electron chi connectivity index (χ2n) is 5.71. The maximum atomic E-state index is 12.0. The molecule has 1 aromatic carbocycles. The maximum Gasteiger partial charge on any atom is 0.251 e. The molecule has 0 radical (unpaired) electrons. The number of carbonyl (C=O) groups is 2. The van der Waals surface area contributed by atoms with Gasteiger partial charge in [0.1, 0.15) is 6.04 Å². The van der Waals surface area contributed by atoms with Crippen molar-refractivity contribution in [3.05, 3.63) is 47.5 Å². The van der Waals surface area contributed by atoms with Crippen LogP contribution in [-0.4, -0.2) is 24.4 Å². The zero-order chi connectivity index (χ0) is 15.8. The molecule has 2 rings (SSSR count). The fourth-order valence-corrected chi connectivity index (χ4v) is 2.57. The molecule has 4 nitrogen and oxygen atoms in total. The van der Waals surface area contributed by atoms with Gasteiger partial charge in [-0.05, 0) is 51.2 Å². The first-order valence-electron chi connectivity index (χ1n) is 7.98. The molecule has 0 heterocycles. The van der Waals surface area contributed by atoms with E-state index in [9.17, 15) is 9.59 Å². The summed E-state index contributed by atoms with van der Waals surface area (Å²) in [6.45, 7) is 2.34. The number of allylic oxidation sites excluding steroid dienone is 1. The normalized spacial score (nSPS) is 15.6. The number of benzene rings is 1. The average Bonchev–Trinajstić information content (AvgIpc) is 2.56. The number of nitrogens with one attached hydrogen (secondary N) is 2. The van der Waals surface area contributed by atoms with Gasteiger partial charge in [-0.1, -0.05) is 29.8 Å². The molecule has 1 aliphatic rings. The molecule has 1 atom stereocenters. The molecule has 118 valence electrons. The van der Waals surface area contributed by atoms with Crippen LogP contribution in [0.3, 0.4) is 0 Å². The Morgan fingerprint density at radius 3 is 2.64 bits per heavy atom. The summed E-state index contributed by atoms with van der Waals surface area (Å²) < 4.78 is 0. The summed E-state index contributed by atoms with van der Waals surface area (Å²) in [6, 6.07) is 8.39. The van der Waals surface area contributed by atoms with Gasteiger partial charge in [-0.2, -0.15) is 0 Å². The van der Waals surface area contributed by atoms with Crippen LogP contribution in [0.15, 0.2) is 42.0 Å². The van der Waals surface area contributed by atoms with Gasteiger partial charge in [-0.3, -0.25) is 9.59 Å². The van der Waals surface area contributed by atoms with Gasteiger partial charge in [0.15, 0.2) is 0 Å². The molecule has 2 N–H and O–H groups in total. The van der Waals surface area contributed by atoms with Gasteiger partial charge in [0.2, 0.25) is 5.91 Å². The molecule has 0 bridgehead atoms. The van der Waals surface area contributed by atoms with Crippen molar-refractivity contribution in [2.45, 2.75) is 45.1 Å². The first-order valence-corrected chi connectivity index (χ1v) is 7.98. The topological polar surface area (TPSA) is 58.2 Å². The first-order chi connectivity index (χ1) is 10.7. The number of amides is 2. The SMILES string of the molecule is CC(NC(=O)c1ccccc1)C(=O)NCCC1=CCCCC1. The molecule has 0 fully saturated rings. The van der Waals surface area contributed by atoms with Crippen molar-refractivity contribution in [2.24, 2.45) is 0 Å². The van der Waals surface area contributed by atoms with Crippen LogP contribution in [0, 0.1) is 0 Å². The van der Waals surface area contributed by atoms with E-state index in [2.05, 4.69) is 16.7 Å². The van der Waals surface area contributed by atoms with E-state index in [-0.39, 0.29) is 11.8 Å². The second kappa shape index (κ2) is 8.37. The van der Waals surface area contributed by atoms with Crippen LogP contribution in [0.4, 0.5) is 0 Å². The lowest BCUT2D eigenvalue weighted by Crippen LogP contribution is -2.45. The van der Waals surface area contributed by atoms with Crippen molar-refractivity contribution in [3.63, 3.8) is 0 Å². The highest BCUT2D eigenvalue weighted by atomic mass is 16.2. The third-order valence-corrected chi connectivity index (χ3v) is 3.91. The molecule has 0 saturated carbocycles. The molecular formula is C18H24N2O2. The highest BCUT2D eigenvalue weighted by Gasteiger charge is 2.16.